The van der Waals surface area contributed by atoms with Gasteiger partial charge in [-0.2, -0.15) is 0 Å². The van der Waals surface area contributed by atoms with Crippen molar-refractivity contribution in [2.24, 2.45) is 0 Å². The number of para-hydroxylation sites is 1. The van der Waals surface area contributed by atoms with Crippen molar-refractivity contribution in [2.45, 2.75) is 36.5 Å². The smallest absolute Gasteiger partial charge is 0.238 e. The molecule has 0 spiro atoms. The number of carbonyl (C=O) groups is 2. The molecule has 3 rings (SSSR count). The highest BCUT2D eigenvalue weighted by Gasteiger charge is 2.31. The predicted molar refractivity (Wildman–Crippen MR) is 92.6 cm³/mol. The molecule has 124 valence electrons. The van der Waals surface area contributed by atoms with Crippen molar-refractivity contribution >= 4 is 29.3 Å². The molecule has 0 bridgehead atoms. The molecule has 1 saturated heterocycles. The summed E-state index contributed by atoms with van der Waals surface area (Å²) in [5.74, 6) is 0.0169. The number of hydrogen-bond donors (Lipinski definition) is 1. The van der Waals surface area contributed by atoms with Gasteiger partial charge in [0.1, 0.15) is 0 Å². The second kappa shape index (κ2) is 6.93. The zero-order chi connectivity index (χ0) is 16.4. The van der Waals surface area contributed by atoms with Gasteiger partial charge in [0.05, 0.1) is 10.9 Å². The lowest BCUT2D eigenvalue weighted by atomic mass is 10.2. The molecule has 5 nitrogen and oxygen atoms in total. The molecule has 1 fully saturated rings. The van der Waals surface area contributed by atoms with Gasteiger partial charge in [-0.3, -0.25) is 14.5 Å². The summed E-state index contributed by atoms with van der Waals surface area (Å²) in [5.41, 5.74) is 0.844. The van der Waals surface area contributed by atoms with Gasteiger partial charge in [-0.15, -0.1) is 11.8 Å². The van der Waals surface area contributed by atoms with Crippen LogP contribution in [-0.2, 0) is 9.59 Å². The molecule has 0 radical (unpaired) electrons. The number of anilines is 1. The first kappa shape index (κ1) is 16.3. The Hall–Kier alpha value is -1.53. The van der Waals surface area contributed by atoms with E-state index < -0.39 is 0 Å². The van der Waals surface area contributed by atoms with Crippen LogP contribution < -0.4 is 5.32 Å². The Morgan fingerprint density at radius 2 is 1.96 bits per heavy atom. The summed E-state index contributed by atoms with van der Waals surface area (Å²) in [6.07, 6.45) is 0.270. The SMILES string of the molecule is CC(C)N1CCN(C(=O)CC2Sc3ccccc3NC2=O)CC1. The molecular formula is C17H23N3O2S. The average Bonchev–Trinajstić information content (AvgIpc) is 2.55. The van der Waals surface area contributed by atoms with Crippen molar-refractivity contribution < 1.29 is 9.59 Å². The fraction of sp³-hybridized carbons (Fsp3) is 0.529. The molecule has 6 heteroatoms. The fourth-order valence-electron chi connectivity index (χ4n) is 3.00. The number of thioether (sulfide) groups is 1. The molecule has 2 heterocycles. The molecule has 0 aliphatic carbocycles. The van der Waals surface area contributed by atoms with Crippen molar-refractivity contribution in [2.75, 3.05) is 31.5 Å². The van der Waals surface area contributed by atoms with Crippen LogP contribution in [0.1, 0.15) is 20.3 Å². The predicted octanol–water partition coefficient (Wildman–Crippen LogP) is 2.04. The van der Waals surface area contributed by atoms with Crippen LogP contribution in [0.25, 0.3) is 0 Å². The Kier molecular flexibility index (Phi) is 4.92. The molecule has 0 aromatic heterocycles. The second-order valence-electron chi connectivity index (χ2n) is 6.31. The van der Waals surface area contributed by atoms with Gasteiger partial charge in [-0.05, 0) is 26.0 Å². The van der Waals surface area contributed by atoms with Gasteiger partial charge in [-0.25, -0.2) is 0 Å². The van der Waals surface area contributed by atoms with E-state index in [9.17, 15) is 9.59 Å². The molecular weight excluding hydrogens is 310 g/mol. The summed E-state index contributed by atoms with van der Waals surface area (Å²) in [7, 11) is 0. The maximum Gasteiger partial charge on any atom is 0.238 e. The van der Waals surface area contributed by atoms with Crippen LogP contribution in [0, 0.1) is 0 Å². The van der Waals surface area contributed by atoms with Gasteiger partial charge in [0.2, 0.25) is 11.8 Å². The summed E-state index contributed by atoms with van der Waals surface area (Å²) in [6, 6.07) is 8.25. The molecule has 1 N–H and O–H groups in total. The lowest BCUT2D eigenvalue weighted by Gasteiger charge is -2.37. The van der Waals surface area contributed by atoms with Gasteiger partial charge in [0.15, 0.2) is 0 Å². The van der Waals surface area contributed by atoms with Crippen LogP contribution in [0.4, 0.5) is 5.69 Å². The number of carbonyl (C=O) groups excluding carboxylic acids is 2. The van der Waals surface area contributed by atoms with E-state index in [2.05, 4.69) is 24.1 Å². The minimum Gasteiger partial charge on any atom is -0.340 e. The van der Waals surface area contributed by atoms with Gasteiger partial charge in [-0.1, -0.05) is 12.1 Å². The molecule has 2 aliphatic rings. The number of nitrogens with one attached hydrogen (secondary N) is 1. The Morgan fingerprint density at radius 1 is 1.26 bits per heavy atom. The Balaban J connectivity index is 1.58. The monoisotopic (exact) mass is 333 g/mol. The van der Waals surface area contributed by atoms with E-state index in [0.29, 0.717) is 6.04 Å². The first-order valence-corrected chi connectivity index (χ1v) is 9.01. The summed E-state index contributed by atoms with van der Waals surface area (Å²) >= 11 is 1.49. The Labute approximate surface area is 141 Å². The van der Waals surface area contributed by atoms with E-state index in [1.165, 1.54) is 11.8 Å². The highest BCUT2D eigenvalue weighted by molar-refractivity contribution is 8.01. The standard InChI is InChI=1S/C17H23N3O2S/c1-12(2)19-7-9-20(10-8-19)16(21)11-15-17(22)18-13-5-3-4-6-14(13)23-15/h3-6,12,15H,7-11H2,1-2H3,(H,18,22). The number of rotatable bonds is 3. The van der Waals surface area contributed by atoms with Gasteiger partial charge >= 0.3 is 0 Å². The van der Waals surface area contributed by atoms with E-state index in [0.717, 1.165) is 36.8 Å². The van der Waals surface area contributed by atoms with E-state index in [-0.39, 0.29) is 23.5 Å². The number of hydrogen-bond acceptors (Lipinski definition) is 4. The van der Waals surface area contributed by atoms with Crippen molar-refractivity contribution in [3.05, 3.63) is 24.3 Å². The van der Waals surface area contributed by atoms with Crippen molar-refractivity contribution in [3.63, 3.8) is 0 Å². The third-order valence-electron chi connectivity index (χ3n) is 4.46. The molecule has 0 saturated carbocycles. The zero-order valence-corrected chi connectivity index (χ0v) is 14.4. The third kappa shape index (κ3) is 3.70. The third-order valence-corrected chi connectivity index (χ3v) is 5.74. The minimum atomic E-state index is -0.333. The van der Waals surface area contributed by atoms with Crippen LogP contribution in [0.15, 0.2) is 29.2 Å². The summed E-state index contributed by atoms with van der Waals surface area (Å²) in [4.78, 5) is 30.0. The lowest BCUT2D eigenvalue weighted by molar-refractivity contribution is -0.134. The van der Waals surface area contributed by atoms with Crippen molar-refractivity contribution in [1.29, 1.82) is 0 Å². The number of benzene rings is 1. The molecule has 1 aromatic carbocycles. The molecule has 1 aromatic rings. The van der Waals surface area contributed by atoms with Crippen molar-refractivity contribution in [1.82, 2.24) is 9.80 Å². The summed E-state index contributed by atoms with van der Waals surface area (Å²) in [5, 5.41) is 2.57. The maximum atomic E-state index is 12.5. The molecule has 2 amide bonds. The fourth-order valence-corrected chi connectivity index (χ4v) is 4.10. The van der Waals surface area contributed by atoms with Crippen LogP contribution in [-0.4, -0.2) is 59.1 Å². The van der Waals surface area contributed by atoms with E-state index >= 15 is 0 Å². The molecule has 1 unspecified atom stereocenters. The lowest BCUT2D eigenvalue weighted by Crippen LogP contribution is -2.51. The first-order chi connectivity index (χ1) is 11.0. The highest BCUT2D eigenvalue weighted by atomic mass is 32.2. The van der Waals surface area contributed by atoms with Crippen LogP contribution >= 0.6 is 11.8 Å². The summed E-state index contributed by atoms with van der Waals surface area (Å²) in [6.45, 7) is 7.70. The number of piperazine rings is 1. The minimum absolute atomic E-state index is 0.0668. The van der Waals surface area contributed by atoms with E-state index in [1.54, 1.807) is 0 Å². The Morgan fingerprint density at radius 3 is 2.65 bits per heavy atom. The summed E-state index contributed by atoms with van der Waals surface area (Å²) < 4.78 is 0. The Bertz CT molecular complexity index is 597. The molecule has 23 heavy (non-hydrogen) atoms. The van der Waals surface area contributed by atoms with Gasteiger partial charge < -0.3 is 10.2 Å². The largest absolute Gasteiger partial charge is 0.340 e. The quantitative estimate of drug-likeness (QED) is 0.920. The van der Waals surface area contributed by atoms with Crippen LogP contribution in [0.3, 0.4) is 0 Å². The first-order valence-electron chi connectivity index (χ1n) is 8.13. The number of nitrogens with zero attached hydrogens (tertiary/aromatic N) is 2. The molecule has 2 aliphatic heterocycles. The van der Waals surface area contributed by atoms with Crippen LogP contribution in [0.5, 0.6) is 0 Å². The van der Waals surface area contributed by atoms with Crippen LogP contribution in [0.2, 0.25) is 0 Å². The molecule has 1 atom stereocenters. The average molecular weight is 333 g/mol. The zero-order valence-electron chi connectivity index (χ0n) is 13.6. The topological polar surface area (TPSA) is 52.6 Å². The normalized spacial score (nSPS) is 22.0. The van der Waals surface area contributed by atoms with E-state index in [4.69, 9.17) is 0 Å². The number of amides is 2. The van der Waals surface area contributed by atoms with Crippen molar-refractivity contribution in [3.8, 4) is 0 Å². The van der Waals surface area contributed by atoms with E-state index in [1.807, 2.05) is 29.2 Å². The second-order valence-corrected chi connectivity index (χ2v) is 7.55. The number of fused-ring (bicyclic) bond motifs is 1. The van der Waals surface area contributed by atoms with Gasteiger partial charge in [0, 0.05) is 43.5 Å². The maximum absolute atomic E-state index is 12.5. The van der Waals surface area contributed by atoms with Gasteiger partial charge in [0.25, 0.3) is 0 Å². The highest BCUT2D eigenvalue weighted by Crippen LogP contribution is 2.36.